The molecule has 3 rings (SSSR count). The highest BCUT2D eigenvalue weighted by atomic mass is 32.1. The summed E-state index contributed by atoms with van der Waals surface area (Å²) in [7, 11) is 0. The molecule has 1 atom stereocenters. The van der Waals surface area contributed by atoms with Crippen LogP contribution < -0.4 is 0 Å². The Morgan fingerprint density at radius 3 is 2.67 bits per heavy atom. The van der Waals surface area contributed by atoms with Crippen molar-refractivity contribution in [2.24, 2.45) is 4.99 Å². The zero-order valence-electron chi connectivity index (χ0n) is 15.2. The fraction of sp³-hybridized carbons (Fsp3) is 0.421. The van der Waals surface area contributed by atoms with Gasteiger partial charge < -0.3 is 0 Å². The molecule has 1 unspecified atom stereocenters. The van der Waals surface area contributed by atoms with Crippen LogP contribution >= 0.6 is 11.3 Å². The van der Waals surface area contributed by atoms with Crippen molar-refractivity contribution in [1.82, 2.24) is 14.8 Å². The van der Waals surface area contributed by atoms with Gasteiger partial charge in [0.15, 0.2) is 5.82 Å². The van der Waals surface area contributed by atoms with E-state index < -0.39 is 0 Å². The van der Waals surface area contributed by atoms with Crippen molar-refractivity contribution in [3.63, 3.8) is 0 Å². The maximum Gasteiger partial charge on any atom is 0.162 e. The predicted octanol–water partition coefficient (Wildman–Crippen LogP) is 5.03. The Hall–Kier alpha value is -2.01. The van der Waals surface area contributed by atoms with Crippen molar-refractivity contribution in [1.29, 1.82) is 0 Å². The van der Waals surface area contributed by atoms with E-state index in [9.17, 15) is 0 Å². The second-order valence-electron chi connectivity index (χ2n) is 6.13. The Morgan fingerprint density at radius 2 is 2.00 bits per heavy atom. The highest BCUT2D eigenvalue weighted by Crippen LogP contribution is 2.38. The first-order valence-corrected chi connectivity index (χ1v) is 9.24. The molecule has 1 aliphatic rings. The molecule has 0 N–H and O–H groups in total. The van der Waals surface area contributed by atoms with E-state index in [4.69, 9.17) is 4.99 Å². The average Bonchev–Trinajstić information content (AvgIpc) is 3.02. The Bertz CT molecular complexity index is 864. The van der Waals surface area contributed by atoms with Crippen molar-refractivity contribution < 1.29 is 0 Å². The highest BCUT2D eigenvalue weighted by molar-refractivity contribution is 7.15. The molecule has 0 saturated heterocycles. The lowest BCUT2D eigenvalue weighted by atomic mass is 9.98. The van der Waals surface area contributed by atoms with E-state index in [1.165, 1.54) is 26.6 Å². The fourth-order valence-electron chi connectivity index (χ4n) is 3.12. The van der Waals surface area contributed by atoms with Gasteiger partial charge in [-0.05, 0) is 52.2 Å². The van der Waals surface area contributed by atoms with Crippen LogP contribution in [0, 0.1) is 20.8 Å². The van der Waals surface area contributed by atoms with Crippen molar-refractivity contribution in [2.75, 3.05) is 0 Å². The summed E-state index contributed by atoms with van der Waals surface area (Å²) >= 11 is 1.80. The molecule has 1 aliphatic heterocycles. The smallest absolute Gasteiger partial charge is 0.162 e. The van der Waals surface area contributed by atoms with E-state index in [0.717, 1.165) is 23.8 Å². The molecule has 2 aromatic rings. The van der Waals surface area contributed by atoms with E-state index in [1.54, 1.807) is 11.3 Å². The van der Waals surface area contributed by atoms with Crippen LogP contribution in [0.15, 0.2) is 28.8 Å². The quantitative estimate of drug-likeness (QED) is 0.735. The topological polar surface area (TPSA) is 43.1 Å². The maximum absolute atomic E-state index is 5.06. The van der Waals surface area contributed by atoms with Gasteiger partial charge >= 0.3 is 0 Å². The SMILES string of the molecule is C/C=C\C(=C/CC)C1=NC(C)c2nnc(C)n2-c2sc(C)c(C)c21. The van der Waals surface area contributed by atoms with Gasteiger partial charge in [0.25, 0.3) is 0 Å². The lowest BCUT2D eigenvalue weighted by Crippen LogP contribution is -2.07. The molecule has 0 spiro atoms. The molecule has 5 heteroatoms. The van der Waals surface area contributed by atoms with Crippen molar-refractivity contribution >= 4 is 17.0 Å². The van der Waals surface area contributed by atoms with Crippen LogP contribution in [-0.2, 0) is 0 Å². The zero-order chi connectivity index (χ0) is 17.4. The predicted molar refractivity (Wildman–Crippen MR) is 102 cm³/mol. The third-order valence-corrected chi connectivity index (χ3v) is 5.59. The second kappa shape index (κ2) is 6.48. The van der Waals surface area contributed by atoms with E-state index in [1.807, 2.05) is 6.92 Å². The largest absolute Gasteiger partial charge is 0.273 e. The number of aromatic nitrogens is 3. The Kier molecular flexibility index (Phi) is 4.54. The minimum atomic E-state index is -0.0222. The molecule has 0 aliphatic carbocycles. The molecule has 3 heterocycles. The number of thiophene rings is 1. The fourth-order valence-corrected chi connectivity index (χ4v) is 4.34. The van der Waals surface area contributed by atoms with E-state index in [2.05, 4.69) is 67.6 Å². The first-order chi connectivity index (χ1) is 11.5. The third-order valence-electron chi connectivity index (χ3n) is 4.40. The number of nitrogens with zero attached hydrogens (tertiary/aromatic N) is 4. The molecule has 4 nitrogen and oxygen atoms in total. The van der Waals surface area contributed by atoms with Gasteiger partial charge in [-0.15, -0.1) is 21.5 Å². The van der Waals surface area contributed by atoms with Crippen LogP contribution in [0.25, 0.3) is 5.00 Å². The summed E-state index contributed by atoms with van der Waals surface area (Å²) < 4.78 is 2.18. The summed E-state index contributed by atoms with van der Waals surface area (Å²) in [5.74, 6) is 1.84. The first-order valence-electron chi connectivity index (χ1n) is 8.43. The van der Waals surface area contributed by atoms with E-state index >= 15 is 0 Å². The number of rotatable bonds is 3. The van der Waals surface area contributed by atoms with Gasteiger partial charge in [0.2, 0.25) is 0 Å². The summed E-state index contributed by atoms with van der Waals surface area (Å²) in [6.45, 7) is 12.7. The molecule has 0 fully saturated rings. The number of fused-ring (bicyclic) bond motifs is 3. The number of aliphatic imine (C=N–C) groups is 1. The van der Waals surface area contributed by atoms with Crippen LogP contribution in [0.5, 0.6) is 0 Å². The van der Waals surface area contributed by atoms with Gasteiger partial charge in [-0.2, -0.15) is 0 Å². The molecule has 0 bridgehead atoms. The van der Waals surface area contributed by atoms with Gasteiger partial charge in [0.1, 0.15) is 16.9 Å². The molecule has 0 saturated carbocycles. The molecule has 24 heavy (non-hydrogen) atoms. The van der Waals surface area contributed by atoms with E-state index in [-0.39, 0.29) is 6.04 Å². The molecule has 0 amide bonds. The highest BCUT2D eigenvalue weighted by Gasteiger charge is 2.29. The summed E-state index contributed by atoms with van der Waals surface area (Å²) in [5, 5.41) is 9.88. The summed E-state index contributed by atoms with van der Waals surface area (Å²) in [5.41, 5.74) is 4.78. The third kappa shape index (κ3) is 2.57. The maximum atomic E-state index is 5.06. The molecule has 126 valence electrons. The van der Waals surface area contributed by atoms with Gasteiger partial charge in [-0.3, -0.25) is 9.56 Å². The lowest BCUT2D eigenvalue weighted by Gasteiger charge is -2.10. The number of hydrogen-bond donors (Lipinski definition) is 0. The van der Waals surface area contributed by atoms with Gasteiger partial charge in [-0.1, -0.05) is 25.2 Å². The minimum Gasteiger partial charge on any atom is -0.273 e. The van der Waals surface area contributed by atoms with Crippen LogP contribution in [0.3, 0.4) is 0 Å². The van der Waals surface area contributed by atoms with Crippen molar-refractivity contribution in [3.8, 4) is 5.00 Å². The van der Waals surface area contributed by atoms with E-state index in [0.29, 0.717) is 0 Å². The molecule has 2 aromatic heterocycles. The standard InChI is InChI=1S/C19H24N4S/c1-7-9-15(10-8-2)17-16-11(3)13(5)24-19(16)23-14(6)21-22-18(23)12(4)20-17/h7,9-10,12H,8H2,1-6H3/b9-7-,15-10+. The van der Waals surface area contributed by atoms with Crippen LogP contribution in [0.2, 0.25) is 0 Å². The Morgan fingerprint density at radius 1 is 1.25 bits per heavy atom. The Labute approximate surface area is 147 Å². The second-order valence-corrected chi connectivity index (χ2v) is 7.33. The molecule has 0 aromatic carbocycles. The first kappa shape index (κ1) is 16.8. The monoisotopic (exact) mass is 340 g/mol. The Balaban J connectivity index is 2.36. The van der Waals surface area contributed by atoms with Crippen LogP contribution in [0.1, 0.15) is 60.9 Å². The molecule has 0 radical (unpaired) electrons. The molecular formula is C19H24N4S. The van der Waals surface area contributed by atoms with Gasteiger partial charge in [0, 0.05) is 10.4 Å². The van der Waals surface area contributed by atoms with Crippen LogP contribution in [-0.4, -0.2) is 20.5 Å². The molecular weight excluding hydrogens is 316 g/mol. The summed E-state index contributed by atoms with van der Waals surface area (Å²) in [6, 6.07) is -0.0222. The van der Waals surface area contributed by atoms with Crippen molar-refractivity contribution in [2.45, 2.75) is 54.0 Å². The number of hydrogen-bond acceptors (Lipinski definition) is 4. The van der Waals surface area contributed by atoms with Crippen molar-refractivity contribution in [3.05, 3.63) is 51.5 Å². The van der Waals surface area contributed by atoms with Gasteiger partial charge in [0.05, 0.1) is 5.71 Å². The summed E-state index contributed by atoms with van der Waals surface area (Å²) in [4.78, 5) is 6.38. The van der Waals surface area contributed by atoms with Crippen LogP contribution in [0.4, 0.5) is 0 Å². The lowest BCUT2D eigenvalue weighted by molar-refractivity contribution is 0.724. The number of aryl methyl sites for hydroxylation is 2. The van der Waals surface area contributed by atoms with Gasteiger partial charge in [-0.25, -0.2) is 0 Å². The summed E-state index contributed by atoms with van der Waals surface area (Å²) in [6.07, 6.45) is 7.47. The number of allylic oxidation sites excluding steroid dienone is 4. The zero-order valence-corrected chi connectivity index (χ0v) is 16.0. The average molecular weight is 340 g/mol. The minimum absolute atomic E-state index is 0.0222. The normalized spacial score (nSPS) is 17.7.